The molecule has 40 valence electrons. The number of hydrogen-bond donors (Lipinski definition) is 1. The number of nitrogens with zero attached hydrogens (tertiary/aromatic N) is 1. The molecule has 0 aromatic carbocycles. The van der Waals surface area contributed by atoms with Gasteiger partial charge in [0, 0.05) is 12.8 Å². The molecule has 7 heavy (non-hydrogen) atoms. The van der Waals surface area contributed by atoms with Crippen molar-refractivity contribution in [3.63, 3.8) is 0 Å². The molecule has 0 saturated carbocycles. The van der Waals surface area contributed by atoms with Crippen LogP contribution in [0.4, 0.5) is 0 Å². The largest absolute Gasteiger partial charge is 0.310 e. The Bertz CT molecular complexity index is 60.5. The molecule has 2 nitrogen and oxygen atoms in total. The van der Waals surface area contributed by atoms with Gasteiger partial charge in [0.05, 0.1) is 0 Å². The molecule has 0 saturated heterocycles. The number of nitrogens with one attached hydrogen (secondary N) is 1. The van der Waals surface area contributed by atoms with Gasteiger partial charge in [0.2, 0.25) is 0 Å². The number of hydrogen-bond acceptors (Lipinski definition) is 2. The summed E-state index contributed by atoms with van der Waals surface area (Å²) < 4.78 is 0. The highest BCUT2D eigenvalue weighted by Crippen LogP contribution is 1.93. The number of rotatable bonds is 0. The van der Waals surface area contributed by atoms with Crippen LogP contribution in [0.3, 0.4) is 0 Å². The minimum absolute atomic E-state index is 1.05. The Labute approximate surface area is 43.6 Å². The van der Waals surface area contributed by atoms with Gasteiger partial charge in [-0.05, 0) is 19.3 Å². The summed E-state index contributed by atoms with van der Waals surface area (Å²) in [5, 5.41) is 3.90. The molecule has 1 aliphatic heterocycles. The van der Waals surface area contributed by atoms with E-state index in [2.05, 4.69) is 10.5 Å². The Morgan fingerprint density at radius 2 is 2.43 bits per heavy atom. The summed E-state index contributed by atoms with van der Waals surface area (Å²) >= 11 is 0. The summed E-state index contributed by atoms with van der Waals surface area (Å²) in [5.41, 5.74) is 2.92. The molecule has 0 aromatic heterocycles. The SMILES string of the molecule is C1=NNCCCC1. The molecular formula is C5H10N2. The summed E-state index contributed by atoms with van der Waals surface area (Å²) in [5.74, 6) is 0. The molecule has 0 spiro atoms. The lowest BCUT2D eigenvalue weighted by atomic mass is 10.2. The zero-order valence-electron chi connectivity index (χ0n) is 4.35. The van der Waals surface area contributed by atoms with Gasteiger partial charge in [-0.3, -0.25) is 0 Å². The van der Waals surface area contributed by atoms with E-state index in [1.165, 1.54) is 12.8 Å². The zero-order valence-corrected chi connectivity index (χ0v) is 4.35. The topological polar surface area (TPSA) is 24.4 Å². The highest BCUT2D eigenvalue weighted by Gasteiger charge is 1.87. The summed E-state index contributed by atoms with van der Waals surface area (Å²) in [6.07, 6.45) is 5.64. The van der Waals surface area contributed by atoms with Gasteiger partial charge in [0.1, 0.15) is 0 Å². The smallest absolute Gasteiger partial charge is 0.0329 e. The molecule has 1 rings (SSSR count). The maximum absolute atomic E-state index is 3.90. The van der Waals surface area contributed by atoms with Gasteiger partial charge in [-0.15, -0.1) is 0 Å². The van der Waals surface area contributed by atoms with Crippen molar-refractivity contribution in [2.45, 2.75) is 19.3 Å². The fourth-order valence-corrected chi connectivity index (χ4v) is 0.633. The fraction of sp³-hybridized carbons (Fsp3) is 0.800. The third kappa shape index (κ3) is 1.57. The van der Waals surface area contributed by atoms with Crippen LogP contribution in [0, 0.1) is 0 Å². The van der Waals surface area contributed by atoms with Crippen molar-refractivity contribution < 1.29 is 0 Å². The third-order valence-corrected chi connectivity index (χ3v) is 1.05. The van der Waals surface area contributed by atoms with Crippen molar-refractivity contribution in [3.8, 4) is 0 Å². The van der Waals surface area contributed by atoms with E-state index in [9.17, 15) is 0 Å². The minimum atomic E-state index is 1.05. The second-order valence-corrected chi connectivity index (χ2v) is 1.72. The van der Waals surface area contributed by atoms with Crippen LogP contribution in [-0.2, 0) is 0 Å². The van der Waals surface area contributed by atoms with Crippen LogP contribution in [0.5, 0.6) is 0 Å². The normalized spacial score (nSPS) is 20.6. The van der Waals surface area contributed by atoms with Gasteiger partial charge >= 0.3 is 0 Å². The Morgan fingerprint density at radius 1 is 1.43 bits per heavy atom. The second kappa shape index (κ2) is 2.61. The third-order valence-electron chi connectivity index (χ3n) is 1.05. The van der Waals surface area contributed by atoms with Crippen LogP contribution >= 0.6 is 0 Å². The first-order chi connectivity index (χ1) is 3.50. The predicted octanol–water partition coefficient (Wildman–Crippen LogP) is 0.746. The van der Waals surface area contributed by atoms with Gasteiger partial charge in [-0.2, -0.15) is 5.10 Å². The monoisotopic (exact) mass is 98.1 g/mol. The predicted molar refractivity (Wildman–Crippen MR) is 30.3 cm³/mol. The average Bonchev–Trinajstić information content (AvgIpc) is 1.90. The van der Waals surface area contributed by atoms with E-state index >= 15 is 0 Å². The van der Waals surface area contributed by atoms with Gasteiger partial charge in [0.25, 0.3) is 0 Å². The summed E-state index contributed by atoms with van der Waals surface area (Å²) in [7, 11) is 0. The van der Waals surface area contributed by atoms with Crippen LogP contribution in [-0.4, -0.2) is 12.8 Å². The Morgan fingerprint density at radius 3 is 3.43 bits per heavy atom. The first-order valence-electron chi connectivity index (χ1n) is 2.74. The average molecular weight is 98.1 g/mol. The first kappa shape index (κ1) is 4.62. The molecular weight excluding hydrogens is 88.1 g/mol. The lowest BCUT2D eigenvalue weighted by molar-refractivity contribution is 0.686. The molecule has 0 atom stereocenters. The zero-order chi connectivity index (χ0) is 4.95. The molecule has 2 heteroatoms. The molecule has 0 fully saturated rings. The van der Waals surface area contributed by atoms with Gasteiger partial charge < -0.3 is 5.43 Å². The molecule has 0 bridgehead atoms. The van der Waals surface area contributed by atoms with Gasteiger partial charge in [-0.25, -0.2) is 0 Å². The maximum atomic E-state index is 3.90. The molecule has 0 amide bonds. The van der Waals surface area contributed by atoms with E-state index in [1.807, 2.05) is 6.21 Å². The van der Waals surface area contributed by atoms with Crippen molar-refractivity contribution in [1.82, 2.24) is 5.43 Å². The van der Waals surface area contributed by atoms with Crippen molar-refractivity contribution in [1.29, 1.82) is 0 Å². The van der Waals surface area contributed by atoms with Crippen molar-refractivity contribution in [2.75, 3.05) is 6.54 Å². The lowest BCUT2D eigenvalue weighted by Gasteiger charge is -1.89. The van der Waals surface area contributed by atoms with E-state index in [1.54, 1.807) is 0 Å². The van der Waals surface area contributed by atoms with Crippen LogP contribution < -0.4 is 5.43 Å². The van der Waals surface area contributed by atoms with E-state index in [4.69, 9.17) is 0 Å². The first-order valence-corrected chi connectivity index (χ1v) is 2.74. The molecule has 1 heterocycles. The van der Waals surface area contributed by atoms with E-state index in [0.29, 0.717) is 0 Å². The molecule has 0 aliphatic carbocycles. The summed E-state index contributed by atoms with van der Waals surface area (Å²) in [4.78, 5) is 0. The highest BCUT2D eigenvalue weighted by atomic mass is 15.3. The van der Waals surface area contributed by atoms with E-state index in [-0.39, 0.29) is 0 Å². The summed E-state index contributed by atoms with van der Waals surface area (Å²) in [6, 6.07) is 0. The van der Waals surface area contributed by atoms with Crippen molar-refractivity contribution in [2.24, 2.45) is 5.10 Å². The number of hydrazone groups is 1. The Kier molecular flexibility index (Phi) is 1.72. The summed E-state index contributed by atoms with van der Waals surface area (Å²) in [6.45, 7) is 1.05. The minimum Gasteiger partial charge on any atom is -0.310 e. The van der Waals surface area contributed by atoms with E-state index < -0.39 is 0 Å². The van der Waals surface area contributed by atoms with Crippen LogP contribution in [0.2, 0.25) is 0 Å². The standard InChI is InChI=1S/C5H10N2/c1-2-4-6-7-5-3-1/h4,7H,1-3,5H2. The van der Waals surface area contributed by atoms with Crippen molar-refractivity contribution in [3.05, 3.63) is 0 Å². The molecule has 1 N–H and O–H groups in total. The molecule has 0 aromatic rings. The molecule has 1 aliphatic rings. The molecule has 0 radical (unpaired) electrons. The van der Waals surface area contributed by atoms with Crippen LogP contribution in [0.15, 0.2) is 5.10 Å². The fourth-order valence-electron chi connectivity index (χ4n) is 0.633. The van der Waals surface area contributed by atoms with Gasteiger partial charge in [0.15, 0.2) is 0 Å². The van der Waals surface area contributed by atoms with Crippen LogP contribution in [0.1, 0.15) is 19.3 Å². The van der Waals surface area contributed by atoms with Crippen molar-refractivity contribution >= 4 is 6.21 Å². The van der Waals surface area contributed by atoms with Crippen LogP contribution in [0.25, 0.3) is 0 Å². The Hall–Kier alpha value is -0.530. The Balaban J connectivity index is 2.20. The molecule has 0 unspecified atom stereocenters. The second-order valence-electron chi connectivity index (χ2n) is 1.72. The lowest BCUT2D eigenvalue weighted by Crippen LogP contribution is -2.03. The maximum Gasteiger partial charge on any atom is 0.0329 e. The quantitative estimate of drug-likeness (QED) is 0.475. The van der Waals surface area contributed by atoms with E-state index in [0.717, 1.165) is 13.0 Å². The van der Waals surface area contributed by atoms with Gasteiger partial charge in [-0.1, -0.05) is 0 Å². The highest BCUT2D eigenvalue weighted by molar-refractivity contribution is 5.56.